The molecule has 0 amide bonds. The molecule has 1 rings (SSSR count). The second kappa shape index (κ2) is 5.22. The maximum absolute atomic E-state index is 5.09. The van der Waals surface area contributed by atoms with Gasteiger partial charge in [0.1, 0.15) is 10.5 Å². The van der Waals surface area contributed by atoms with Gasteiger partial charge in [-0.1, -0.05) is 19.1 Å². The number of hydrogen-bond donors (Lipinski definition) is 1. The Hall–Kier alpha value is -0.740. The van der Waals surface area contributed by atoms with E-state index in [4.69, 9.17) is 12.2 Å². The fourth-order valence-electron chi connectivity index (χ4n) is 1.20. The molecular weight excluding hydrogens is 194 g/mol. The van der Waals surface area contributed by atoms with Gasteiger partial charge in [-0.3, -0.25) is 0 Å². The van der Waals surface area contributed by atoms with Crippen molar-refractivity contribution in [2.75, 3.05) is 20.6 Å². The minimum Gasteiger partial charge on any atom is -0.347 e. The molecule has 0 aliphatic carbocycles. The fourth-order valence-corrected chi connectivity index (χ4v) is 1.45. The Morgan fingerprint density at radius 2 is 2.21 bits per heavy atom. The van der Waals surface area contributed by atoms with Gasteiger partial charge < -0.3 is 9.88 Å². The topological polar surface area (TPSA) is 31.9 Å². The van der Waals surface area contributed by atoms with Crippen molar-refractivity contribution >= 4 is 12.2 Å². The normalized spacial score (nSPS) is 10.9. The summed E-state index contributed by atoms with van der Waals surface area (Å²) < 4.78 is 0.689. The van der Waals surface area contributed by atoms with Crippen LogP contribution in [0.15, 0.2) is 6.07 Å². The van der Waals surface area contributed by atoms with Crippen molar-refractivity contribution < 1.29 is 0 Å². The van der Waals surface area contributed by atoms with Gasteiger partial charge in [0.15, 0.2) is 0 Å². The van der Waals surface area contributed by atoms with Crippen LogP contribution in [0, 0.1) is 4.64 Å². The number of rotatable bonds is 4. The van der Waals surface area contributed by atoms with Gasteiger partial charge in [0.2, 0.25) is 0 Å². The third-order valence-corrected chi connectivity index (χ3v) is 2.23. The van der Waals surface area contributed by atoms with Crippen molar-refractivity contribution in [3.63, 3.8) is 0 Å². The Bertz CT molecular complexity index is 343. The molecule has 0 aromatic carbocycles. The monoisotopic (exact) mass is 211 g/mol. The van der Waals surface area contributed by atoms with Crippen molar-refractivity contribution in [1.82, 2.24) is 14.9 Å². The Kier molecular flexibility index (Phi) is 4.22. The number of H-pyrrole nitrogens is 1. The van der Waals surface area contributed by atoms with E-state index >= 15 is 0 Å². The lowest BCUT2D eigenvalue weighted by atomic mass is 10.3. The first kappa shape index (κ1) is 11.3. The zero-order valence-corrected chi connectivity index (χ0v) is 9.82. The minimum absolute atomic E-state index is 0.689. The molecule has 0 bridgehead atoms. The molecule has 1 heterocycles. The third kappa shape index (κ3) is 3.55. The Morgan fingerprint density at radius 1 is 1.50 bits per heavy atom. The van der Waals surface area contributed by atoms with E-state index in [1.54, 1.807) is 0 Å². The lowest BCUT2D eigenvalue weighted by Crippen LogP contribution is -2.16. The van der Waals surface area contributed by atoms with E-state index in [0.29, 0.717) is 4.64 Å². The first-order valence-corrected chi connectivity index (χ1v) is 5.26. The number of likely N-dealkylation sites (N-methyl/N-ethyl adjacent to an activating group) is 1. The Balaban J connectivity index is 2.76. The predicted octanol–water partition coefficient (Wildman–Crippen LogP) is 1.81. The molecule has 78 valence electrons. The first-order valence-electron chi connectivity index (χ1n) is 4.85. The SMILES string of the molecule is CCc1cc(=S)nc(CCN(C)C)[nH]1. The van der Waals surface area contributed by atoms with Crippen molar-refractivity contribution in [2.45, 2.75) is 19.8 Å². The smallest absolute Gasteiger partial charge is 0.129 e. The molecule has 0 saturated heterocycles. The maximum Gasteiger partial charge on any atom is 0.129 e. The molecule has 0 fully saturated rings. The van der Waals surface area contributed by atoms with E-state index in [1.807, 2.05) is 6.07 Å². The molecule has 1 aromatic heterocycles. The van der Waals surface area contributed by atoms with Gasteiger partial charge in [-0.05, 0) is 26.6 Å². The molecule has 0 aliphatic rings. The summed E-state index contributed by atoms with van der Waals surface area (Å²) in [5.74, 6) is 0.989. The summed E-state index contributed by atoms with van der Waals surface area (Å²) in [5, 5.41) is 0. The largest absolute Gasteiger partial charge is 0.347 e. The summed E-state index contributed by atoms with van der Waals surface area (Å²) in [6, 6.07) is 1.93. The average molecular weight is 211 g/mol. The average Bonchev–Trinajstić information content (AvgIpc) is 2.14. The Morgan fingerprint density at radius 3 is 2.79 bits per heavy atom. The number of hydrogen-bond acceptors (Lipinski definition) is 3. The molecule has 0 atom stereocenters. The lowest BCUT2D eigenvalue weighted by Gasteiger charge is -2.09. The van der Waals surface area contributed by atoms with Gasteiger partial charge in [0, 0.05) is 18.7 Å². The van der Waals surface area contributed by atoms with Crippen LogP contribution in [0.4, 0.5) is 0 Å². The molecule has 0 spiro atoms. The Labute approximate surface area is 90.2 Å². The molecule has 4 heteroatoms. The molecule has 0 radical (unpaired) electrons. The molecule has 0 aliphatic heterocycles. The molecule has 0 unspecified atom stereocenters. The first-order chi connectivity index (χ1) is 6.61. The van der Waals surface area contributed by atoms with Crippen molar-refractivity contribution in [3.05, 3.63) is 22.2 Å². The van der Waals surface area contributed by atoms with Crippen LogP contribution in [0.25, 0.3) is 0 Å². The zero-order valence-electron chi connectivity index (χ0n) is 9.00. The summed E-state index contributed by atoms with van der Waals surface area (Å²) in [6.45, 7) is 3.10. The highest BCUT2D eigenvalue weighted by Gasteiger charge is 1.98. The van der Waals surface area contributed by atoms with Gasteiger partial charge in [0.25, 0.3) is 0 Å². The van der Waals surface area contributed by atoms with Crippen LogP contribution in [-0.4, -0.2) is 35.5 Å². The number of aryl methyl sites for hydroxylation is 1. The van der Waals surface area contributed by atoms with E-state index in [9.17, 15) is 0 Å². The van der Waals surface area contributed by atoms with Crippen LogP contribution in [-0.2, 0) is 12.8 Å². The second-order valence-electron chi connectivity index (χ2n) is 3.60. The summed E-state index contributed by atoms with van der Waals surface area (Å²) in [4.78, 5) is 9.71. The van der Waals surface area contributed by atoms with E-state index < -0.39 is 0 Å². The second-order valence-corrected chi connectivity index (χ2v) is 4.02. The summed E-state index contributed by atoms with van der Waals surface area (Å²) in [6.07, 6.45) is 1.89. The van der Waals surface area contributed by atoms with Gasteiger partial charge in [-0.25, -0.2) is 4.98 Å². The van der Waals surface area contributed by atoms with Gasteiger partial charge in [-0.2, -0.15) is 0 Å². The highest BCUT2D eigenvalue weighted by atomic mass is 32.1. The number of nitrogens with zero attached hydrogens (tertiary/aromatic N) is 2. The number of aromatic amines is 1. The van der Waals surface area contributed by atoms with Crippen LogP contribution in [0.5, 0.6) is 0 Å². The van der Waals surface area contributed by atoms with Gasteiger partial charge in [0.05, 0.1) is 0 Å². The third-order valence-electron chi connectivity index (χ3n) is 2.02. The molecular formula is C10H17N3S. The number of aromatic nitrogens is 2. The highest BCUT2D eigenvalue weighted by molar-refractivity contribution is 7.71. The van der Waals surface area contributed by atoms with E-state index in [1.165, 1.54) is 5.69 Å². The lowest BCUT2D eigenvalue weighted by molar-refractivity contribution is 0.409. The van der Waals surface area contributed by atoms with E-state index in [0.717, 1.165) is 25.2 Å². The fraction of sp³-hybridized carbons (Fsp3) is 0.600. The molecule has 1 aromatic rings. The summed E-state index contributed by atoms with van der Waals surface area (Å²) in [7, 11) is 4.11. The quantitative estimate of drug-likeness (QED) is 0.771. The van der Waals surface area contributed by atoms with Gasteiger partial charge in [-0.15, -0.1) is 0 Å². The minimum atomic E-state index is 0.689. The van der Waals surface area contributed by atoms with Crippen LogP contribution in [0.3, 0.4) is 0 Å². The molecule has 0 saturated carbocycles. The van der Waals surface area contributed by atoms with Crippen LogP contribution in [0.1, 0.15) is 18.4 Å². The van der Waals surface area contributed by atoms with Crippen molar-refractivity contribution in [3.8, 4) is 0 Å². The van der Waals surface area contributed by atoms with Crippen LogP contribution in [0.2, 0.25) is 0 Å². The number of nitrogens with one attached hydrogen (secondary N) is 1. The molecule has 14 heavy (non-hydrogen) atoms. The standard InChI is InChI=1S/C10H17N3S/c1-4-8-7-10(14)12-9(11-8)5-6-13(2)3/h7H,4-6H2,1-3H3,(H,11,12,14). The van der Waals surface area contributed by atoms with E-state index in [2.05, 4.69) is 35.9 Å². The van der Waals surface area contributed by atoms with Crippen LogP contribution >= 0.6 is 12.2 Å². The predicted molar refractivity (Wildman–Crippen MR) is 61.1 cm³/mol. The zero-order chi connectivity index (χ0) is 10.6. The van der Waals surface area contributed by atoms with Gasteiger partial charge >= 0.3 is 0 Å². The van der Waals surface area contributed by atoms with Crippen molar-refractivity contribution in [1.29, 1.82) is 0 Å². The highest BCUT2D eigenvalue weighted by Crippen LogP contribution is 1.99. The maximum atomic E-state index is 5.09. The van der Waals surface area contributed by atoms with E-state index in [-0.39, 0.29) is 0 Å². The summed E-state index contributed by atoms with van der Waals surface area (Å²) >= 11 is 5.09. The molecule has 1 N–H and O–H groups in total. The molecule has 3 nitrogen and oxygen atoms in total. The summed E-state index contributed by atoms with van der Waals surface area (Å²) in [5.41, 5.74) is 1.17. The van der Waals surface area contributed by atoms with Crippen LogP contribution < -0.4 is 0 Å². The van der Waals surface area contributed by atoms with Crippen molar-refractivity contribution in [2.24, 2.45) is 0 Å².